The highest BCUT2D eigenvalue weighted by Gasteiger charge is 2.16. The van der Waals surface area contributed by atoms with Gasteiger partial charge < -0.3 is 11.1 Å². The Kier molecular flexibility index (Phi) is 5.35. The summed E-state index contributed by atoms with van der Waals surface area (Å²) in [5, 5.41) is 3.05. The topological polar surface area (TPSA) is 55.1 Å². The fraction of sp³-hybridized carbons (Fsp3) is 0.533. The number of benzene rings is 1. The van der Waals surface area contributed by atoms with Crippen LogP contribution in [0.1, 0.15) is 44.2 Å². The lowest BCUT2D eigenvalue weighted by atomic mass is 9.97. The quantitative estimate of drug-likeness (QED) is 0.841. The van der Waals surface area contributed by atoms with Crippen molar-refractivity contribution in [1.82, 2.24) is 0 Å². The standard InChI is InChI=1S/C15H24N2O/c1-10(2)13-7-5-6-11(3)14(13)17-15(18)12(4)8-9-16/h5-7,10,12H,8-9,16H2,1-4H3,(H,17,18). The minimum Gasteiger partial charge on any atom is -0.330 e. The third kappa shape index (κ3) is 3.57. The van der Waals surface area contributed by atoms with Gasteiger partial charge in [-0.3, -0.25) is 4.79 Å². The molecule has 0 aliphatic carbocycles. The van der Waals surface area contributed by atoms with Gasteiger partial charge in [0.1, 0.15) is 0 Å². The summed E-state index contributed by atoms with van der Waals surface area (Å²) in [5.74, 6) is 0.399. The van der Waals surface area contributed by atoms with Crippen LogP contribution in [0.4, 0.5) is 5.69 Å². The first-order chi connectivity index (χ1) is 8.47. The van der Waals surface area contributed by atoms with Crippen LogP contribution in [-0.4, -0.2) is 12.5 Å². The summed E-state index contributed by atoms with van der Waals surface area (Å²) >= 11 is 0. The van der Waals surface area contributed by atoms with Gasteiger partial charge in [0.05, 0.1) is 0 Å². The van der Waals surface area contributed by atoms with Crippen molar-refractivity contribution in [2.75, 3.05) is 11.9 Å². The maximum Gasteiger partial charge on any atom is 0.227 e. The van der Waals surface area contributed by atoms with Gasteiger partial charge in [-0.05, 0) is 36.9 Å². The number of hydrogen-bond donors (Lipinski definition) is 2. The summed E-state index contributed by atoms with van der Waals surface area (Å²) in [5.41, 5.74) is 8.74. The summed E-state index contributed by atoms with van der Waals surface area (Å²) in [6, 6.07) is 6.12. The minimum atomic E-state index is -0.0466. The highest BCUT2D eigenvalue weighted by Crippen LogP contribution is 2.27. The van der Waals surface area contributed by atoms with E-state index in [1.54, 1.807) is 0 Å². The van der Waals surface area contributed by atoms with Gasteiger partial charge in [-0.15, -0.1) is 0 Å². The first kappa shape index (κ1) is 14.7. The second-order valence-corrected chi connectivity index (χ2v) is 5.16. The van der Waals surface area contributed by atoms with Crippen LogP contribution in [0.3, 0.4) is 0 Å². The number of carbonyl (C=O) groups excluding carboxylic acids is 1. The molecule has 3 heteroatoms. The molecule has 0 fully saturated rings. The molecule has 0 aliphatic heterocycles. The van der Waals surface area contributed by atoms with Crippen molar-refractivity contribution < 1.29 is 4.79 Å². The van der Waals surface area contributed by atoms with E-state index in [0.717, 1.165) is 11.3 Å². The lowest BCUT2D eigenvalue weighted by Crippen LogP contribution is -2.23. The zero-order valence-corrected chi connectivity index (χ0v) is 11.8. The minimum absolute atomic E-state index is 0.0466. The van der Waals surface area contributed by atoms with E-state index in [0.29, 0.717) is 18.9 Å². The average Bonchev–Trinajstić information content (AvgIpc) is 2.31. The molecular weight excluding hydrogens is 224 g/mol. The molecule has 1 unspecified atom stereocenters. The molecule has 0 spiro atoms. The van der Waals surface area contributed by atoms with Gasteiger partial charge in [-0.2, -0.15) is 0 Å². The number of rotatable bonds is 5. The average molecular weight is 248 g/mol. The van der Waals surface area contributed by atoms with Crippen LogP contribution in [0.25, 0.3) is 0 Å². The lowest BCUT2D eigenvalue weighted by Gasteiger charge is -2.18. The maximum atomic E-state index is 12.1. The Labute approximate surface area is 110 Å². The van der Waals surface area contributed by atoms with Crippen LogP contribution in [0.5, 0.6) is 0 Å². The molecule has 1 rings (SSSR count). The van der Waals surface area contributed by atoms with Gasteiger partial charge in [0.2, 0.25) is 5.91 Å². The molecule has 0 radical (unpaired) electrons. The van der Waals surface area contributed by atoms with Crippen molar-refractivity contribution in [3.05, 3.63) is 29.3 Å². The van der Waals surface area contributed by atoms with Gasteiger partial charge in [-0.25, -0.2) is 0 Å². The Bertz CT molecular complexity index is 413. The predicted molar refractivity (Wildman–Crippen MR) is 76.7 cm³/mol. The molecule has 0 heterocycles. The second-order valence-electron chi connectivity index (χ2n) is 5.16. The largest absolute Gasteiger partial charge is 0.330 e. The Morgan fingerprint density at radius 2 is 2.00 bits per heavy atom. The molecule has 18 heavy (non-hydrogen) atoms. The Hall–Kier alpha value is -1.35. The molecule has 1 aromatic carbocycles. The number of aryl methyl sites for hydroxylation is 1. The van der Waals surface area contributed by atoms with E-state index in [4.69, 9.17) is 5.73 Å². The number of anilines is 1. The number of carbonyl (C=O) groups is 1. The number of para-hydroxylation sites is 1. The van der Waals surface area contributed by atoms with E-state index in [1.165, 1.54) is 5.56 Å². The molecule has 0 aliphatic rings. The van der Waals surface area contributed by atoms with Crippen molar-refractivity contribution in [2.24, 2.45) is 11.7 Å². The summed E-state index contributed by atoms with van der Waals surface area (Å²) in [7, 11) is 0. The molecule has 1 amide bonds. The number of nitrogens with two attached hydrogens (primary N) is 1. The van der Waals surface area contributed by atoms with Gasteiger partial charge >= 0.3 is 0 Å². The Balaban J connectivity index is 2.93. The van der Waals surface area contributed by atoms with Crippen LogP contribution < -0.4 is 11.1 Å². The fourth-order valence-electron chi connectivity index (χ4n) is 1.97. The third-order valence-corrected chi connectivity index (χ3v) is 3.22. The van der Waals surface area contributed by atoms with E-state index in [9.17, 15) is 4.79 Å². The van der Waals surface area contributed by atoms with Gasteiger partial charge in [0.25, 0.3) is 0 Å². The summed E-state index contributed by atoms with van der Waals surface area (Å²) in [6.07, 6.45) is 0.717. The number of amides is 1. The van der Waals surface area contributed by atoms with Gasteiger partial charge in [-0.1, -0.05) is 39.0 Å². The lowest BCUT2D eigenvalue weighted by molar-refractivity contribution is -0.119. The van der Waals surface area contributed by atoms with Crippen LogP contribution >= 0.6 is 0 Å². The molecular formula is C15H24N2O. The van der Waals surface area contributed by atoms with Crippen molar-refractivity contribution >= 4 is 11.6 Å². The SMILES string of the molecule is Cc1cccc(C(C)C)c1NC(=O)C(C)CCN. The zero-order valence-electron chi connectivity index (χ0n) is 11.8. The van der Waals surface area contributed by atoms with E-state index >= 15 is 0 Å². The van der Waals surface area contributed by atoms with Crippen LogP contribution in [-0.2, 0) is 4.79 Å². The van der Waals surface area contributed by atoms with E-state index in [-0.39, 0.29) is 11.8 Å². The molecule has 3 nitrogen and oxygen atoms in total. The summed E-state index contributed by atoms with van der Waals surface area (Å²) in [6.45, 7) is 8.74. The molecule has 3 N–H and O–H groups in total. The highest BCUT2D eigenvalue weighted by molar-refractivity contribution is 5.93. The molecule has 1 aromatic rings. The van der Waals surface area contributed by atoms with Gasteiger partial charge in [0, 0.05) is 11.6 Å². The number of nitrogens with one attached hydrogen (secondary N) is 1. The van der Waals surface area contributed by atoms with Crippen molar-refractivity contribution in [2.45, 2.75) is 40.0 Å². The highest BCUT2D eigenvalue weighted by atomic mass is 16.1. The molecule has 0 saturated carbocycles. The smallest absolute Gasteiger partial charge is 0.227 e. The normalized spacial score (nSPS) is 12.6. The zero-order chi connectivity index (χ0) is 13.7. The first-order valence-corrected chi connectivity index (χ1v) is 6.57. The van der Waals surface area contributed by atoms with Crippen molar-refractivity contribution in [3.8, 4) is 0 Å². The molecule has 0 aromatic heterocycles. The van der Waals surface area contributed by atoms with Crippen molar-refractivity contribution in [1.29, 1.82) is 0 Å². The summed E-state index contributed by atoms with van der Waals surface area (Å²) < 4.78 is 0. The van der Waals surface area contributed by atoms with E-state index < -0.39 is 0 Å². The van der Waals surface area contributed by atoms with E-state index in [1.807, 2.05) is 26.0 Å². The van der Waals surface area contributed by atoms with Crippen LogP contribution in [0, 0.1) is 12.8 Å². The first-order valence-electron chi connectivity index (χ1n) is 6.57. The monoisotopic (exact) mass is 248 g/mol. The van der Waals surface area contributed by atoms with Crippen LogP contribution in [0.15, 0.2) is 18.2 Å². The molecule has 0 saturated heterocycles. The molecule has 0 bridgehead atoms. The summed E-state index contributed by atoms with van der Waals surface area (Å²) in [4.78, 5) is 12.1. The molecule has 100 valence electrons. The van der Waals surface area contributed by atoms with E-state index in [2.05, 4.69) is 25.2 Å². The van der Waals surface area contributed by atoms with Crippen LogP contribution in [0.2, 0.25) is 0 Å². The number of hydrogen-bond acceptors (Lipinski definition) is 2. The maximum absolute atomic E-state index is 12.1. The van der Waals surface area contributed by atoms with Gasteiger partial charge in [0.15, 0.2) is 0 Å². The Morgan fingerprint density at radius 3 is 2.56 bits per heavy atom. The third-order valence-electron chi connectivity index (χ3n) is 3.22. The Morgan fingerprint density at radius 1 is 1.33 bits per heavy atom. The second kappa shape index (κ2) is 6.55. The molecule has 1 atom stereocenters. The van der Waals surface area contributed by atoms with Crippen molar-refractivity contribution in [3.63, 3.8) is 0 Å². The predicted octanol–water partition coefficient (Wildman–Crippen LogP) is 3.04. The fourth-order valence-corrected chi connectivity index (χ4v) is 1.97.